The van der Waals surface area contributed by atoms with E-state index in [9.17, 15) is 0 Å². The van der Waals surface area contributed by atoms with E-state index in [4.69, 9.17) is 14.8 Å². The lowest BCUT2D eigenvalue weighted by Crippen LogP contribution is -2.43. The van der Waals surface area contributed by atoms with E-state index in [1.807, 2.05) is 6.07 Å². The first kappa shape index (κ1) is 15.4. The first-order chi connectivity index (χ1) is 9.56. The SMILES string of the molecule is CC1CCC(C)N(CCOc2cccc(B(O)O)c2)C1. The van der Waals surface area contributed by atoms with E-state index in [0.29, 0.717) is 23.9 Å². The van der Waals surface area contributed by atoms with Gasteiger partial charge in [-0.1, -0.05) is 19.1 Å². The second-order valence-electron chi connectivity index (χ2n) is 5.82. The Balaban J connectivity index is 1.82. The van der Waals surface area contributed by atoms with E-state index in [1.54, 1.807) is 18.2 Å². The number of hydrogen-bond donors (Lipinski definition) is 2. The van der Waals surface area contributed by atoms with Gasteiger partial charge >= 0.3 is 7.12 Å². The Morgan fingerprint density at radius 2 is 2.10 bits per heavy atom. The first-order valence-corrected chi connectivity index (χ1v) is 7.39. The van der Waals surface area contributed by atoms with Gasteiger partial charge in [0.15, 0.2) is 0 Å². The van der Waals surface area contributed by atoms with Crippen molar-refractivity contribution in [2.75, 3.05) is 19.7 Å². The zero-order valence-corrected chi connectivity index (χ0v) is 12.3. The molecule has 0 aliphatic carbocycles. The third-order valence-corrected chi connectivity index (χ3v) is 4.05. The van der Waals surface area contributed by atoms with Crippen LogP contribution in [0.25, 0.3) is 0 Å². The molecule has 1 aromatic carbocycles. The van der Waals surface area contributed by atoms with Crippen molar-refractivity contribution in [2.45, 2.75) is 32.7 Å². The Hall–Kier alpha value is -1.04. The molecule has 4 nitrogen and oxygen atoms in total. The van der Waals surface area contributed by atoms with E-state index in [1.165, 1.54) is 12.8 Å². The maximum atomic E-state index is 9.13. The lowest BCUT2D eigenvalue weighted by Gasteiger charge is -2.36. The standard InChI is InChI=1S/C15H24BNO3/c1-12-6-7-13(2)17(11-12)8-9-20-15-5-3-4-14(10-15)16(18)19/h3-5,10,12-13,18-19H,6-9,11H2,1-2H3. The Kier molecular flexibility index (Phi) is 5.46. The van der Waals surface area contributed by atoms with Crippen molar-refractivity contribution in [2.24, 2.45) is 5.92 Å². The van der Waals surface area contributed by atoms with Crippen molar-refractivity contribution in [1.82, 2.24) is 4.90 Å². The third kappa shape index (κ3) is 4.23. The largest absolute Gasteiger partial charge is 0.492 e. The molecule has 20 heavy (non-hydrogen) atoms. The molecule has 1 fully saturated rings. The minimum atomic E-state index is -1.44. The van der Waals surface area contributed by atoms with Crippen LogP contribution in [0.4, 0.5) is 0 Å². The van der Waals surface area contributed by atoms with Crippen LogP contribution in [0.15, 0.2) is 24.3 Å². The van der Waals surface area contributed by atoms with Gasteiger partial charge in [-0.25, -0.2) is 0 Å². The van der Waals surface area contributed by atoms with E-state index in [-0.39, 0.29) is 0 Å². The fourth-order valence-electron chi connectivity index (χ4n) is 2.74. The number of piperidine rings is 1. The zero-order valence-electron chi connectivity index (χ0n) is 12.3. The zero-order chi connectivity index (χ0) is 14.5. The molecule has 2 unspecified atom stereocenters. The highest BCUT2D eigenvalue weighted by atomic mass is 16.5. The van der Waals surface area contributed by atoms with Gasteiger partial charge in [-0.3, -0.25) is 4.90 Å². The average molecular weight is 277 g/mol. The van der Waals surface area contributed by atoms with Gasteiger partial charge in [0.25, 0.3) is 0 Å². The smallest absolute Gasteiger partial charge is 0.488 e. The summed E-state index contributed by atoms with van der Waals surface area (Å²) in [5.74, 6) is 1.45. The van der Waals surface area contributed by atoms with Gasteiger partial charge in [-0.2, -0.15) is 0 Å². The summed E-state index contributed by atoms with van der Waals surface area (Å²) in [5.41, 5.74) is 0.461. The van der Waals surface area contributed by atoms with Gasteiger partial charge in [-0.05, 0) is 43.3 Å². The van der Waals surface area contributed by atoms with E-state index in [0.717, 1.165) is 19.0 Å². The van der Waals surface area contributed by atoms with Crippen molar-refractivity contribution in [3.05, 3.63) is 24.3 Å². The lowest BCUT2D eigenvalue weighted by molar-refractivity contribution is 0.105. The van der Waals surface area contributed by atoms with Crippen LogP contribution in [0.3, 0.4) is 0 Å². The van der Waals surface area contributed by atoms with Crippen LogP contribution in [-0.4, -0.2) is 47.8 Å². The summed E-state index contributed by atoms with van der Waals surface area (Å²) in [5, 5.41) is 18.3. The van der Waals surface area contributed by atoms with Gasteiger partial charge in [0.2, 0.25) is 0 Å². The minimum absolute atomic E-state index is 0.461. The second-order valence-corrected chi connectivity index (χ2v) is 5.82. The minimum Gasteiger partial charge on any atom is -0.492 e. The third-order valence-electron chi connectivity index (χ3n) is 4.05. The molecular formula is C15H24BNO3. The summed E-state index contributed by atoms with van der Waals surface area (Å²) < 4.78 is 5.72. The predicted molar refractivity (Wildman–Crippen MR) is 81.2 cm³/mol. The maximum Gasteiger partial charge on any atom is 0.488 e. The Bertz CT molecular complexity index is 427. The average Bonchev–Trinajstić information content (AvgIpc) is 2.43. The van der Waals surface area contributed by atoms with E-state index < -0.39 is 7.12 Å². The summed E-state index contributed by atoms with van der Waals surface area (Å²) in [6.45, 7) is 7.25. The van der Waals surface area contributed by atoms with Crippen LogP contribution >= 0.6 is 0 Å². The monoisotopic (exact) mass is 277 g/mol. The lowest BCUT2D eigenvalue weighted by atomic mass is 9.80. The number of likely N-dealkylation sites (tertiary alicyclic amines) is 1. The van der Waals surface area contributed by atoms with Crippen LogP contribution in [0.5, 0.6) is 5.75 Å². The summed E-state index contributed by atoms with van der Waals surface area (Å²) in [6.07, 6.45) is 2.57. The number of nitrogens with zero attached hydrogens (tertiary/aromatic N) is 1. The number of rotatable bonds is 5. The molecular weight excluding hydrogens is 253 g/mol. The molecule has 0 radical (unpaired) electrons. The summed E-state index contributed by atoms with van der Waals surface area (Å²) in [4.78, 5) is 2.47. The molecule has 2 rings (SSSR count). The van der Waals surface area contributed by atoms with E-state index in [2.05, 4.69) is 18.7 Å². The Morgan fingerprint density at radius 3 is 2.85 bits per heavy atom. The van der Waals surface area contributed by atoms with Crippen LogP contribution < -0.4 is 10.2 Å². The molecule has 5 heteroatoms. The molecule has 2 atom stereocenters. The predicted octanol–water partition coefficient (Wildman–Crippen LogP) is 0.866. The summed E-state index contributed by atoms with van der Waals surface area (Å²) >= 11 is 0. The molecule has 0 bridgehead atoms. The van der Waals surface area contributed by atoms with E-state index >= 15 is 0 Å². The fourth-order valence-corrected chi connectivity index (χ4v) is 2.74. The molecule has 0 aromatic heterocycles. The quantitative estimate of drug-likeness (QED) is 0.784. The van der Waals surface area contributed by atoms with Crippen molar-refractivity contribution in [1.29, 1.82) is 0 Å². The van der Waals surface area contributed by atoms with Crippen molar-refractivity contribution >= 4 is 12.6 Å². The van der Waals surface area contributed by atoms with Crippen molar-refractivity contribution in [3.8, 4) is 5.75 Å². The normalized spacial score (nSPS) is 23.6. The highest BCUT2D eigenvalue weighted by Gasteiger charge is 2.22. The van der Waals surface area contributed by atoms with Crippen LogP contribution in [-0.2, 0) is 0 Å². The molecule has 0 spiro atoms. The fraction of sp³-hybridized carbons (Fsp3) is 0.600. The highest BCUT2D eigenvalue weighted by molar-refractivity contribution is 6.58. The van der Waals surface area contributed by atoms with Gasteiger partial charge in [-0.15, -0.1) is 0 Å². The second kappa shape index (κ2) is 7.11. The summed E-state index contributed by atoms with van der Waals surface area (Å²) in [7, 11) is -1.44. The highest BCUT2D eigenvalue weighted by Crippen LogP contribution is 2.20. The van der Waals surface area contributed by atoms with Crippen LogP contribution in [0.2, 0.25) is 0 Å². The Morgan fingerprint density at radius 1 is 1.30 bits per heavy atom. The molecule has 0 saturated carbocycles. The molecule has 1 saturated heterocycles. The van der Waals surface area contributed by atoms with Crippen LogP contribution in [0, 0.1) is 5.92 Å². The number of ether oxygens (including phenoxy) is 1. The molecule has 1 aliphatic heterocycles. The molecule has 0 amide bonds. The van der Waals surface area contributed by atoms with Crippen molar-refractivity contribution < 1.29 is 14.8 Å². The van der Waals surface area contributed by atoms with Gasteiger partial charge in [0, 0.05) is 19.1 Å². The number of benzene rings is 1. The van der Waals surface area contributed by atoms with Crippen LogP contribution in [0.1, 0.15) is 26.7 Å². The molecule has 110 valence electrons. The molecule has 1 aliphatic rings. The molecule has 1 aromatic rings. The van der Waals surface area contributed by atoms with Gasteiger partial charge in [0.05, 0.1) is 0 Å². The Labute approximate surface area is 121 Å². The van der Waals surface area contributed by atoms with Crippen molar-refractivity contribution in [3.63, 3.8) is 0 Å². The molecule has 2 N–H and O–H groups in total. The van der Waals surface area contributed by atoms with Gasteiger partial charge < -0.3 is 14.8 Å². The summed E-state index contributed by atoms with van der Waals surface area (Å²) in [6, 6.07) is 7.59. The molecule has 1 heterocycles. The number of hydrogen-bond acceptors (Lipinski definition) is 4. The van der Waals surface area contributed by atoms with Gasteiger partial charge in [0.1, 0.15) is 12.4 Å². The first-order valence-electron chi connectivity index (χ1n) is 7.39. The topological polar surface area (TPSA) is 52.9 Å². The maximum absolute atomic E-state index is 9.13.